The zero-order valence-electron chi connectivity index (χ0n) is 18.1. The summed E-state index contributed by atoms with van der Waals surface area (Å²) in [7, 11) is 1.73. The fourth-order valence-corrected chi connectivity index (χ4v) is 5.31. The van der Waals surface area contributed by atoms with Crippen molar-refractivity contribution in [2.45, 2.75) is 13.8 Å². The summed E-state index contributed by atoms with van der Waals surface area (Å²) in [5.74, 6) is 0.316. The molecule has 1 N–H and O–H groups in total. The van der Waals surface area contributed by atoms with Gasteiger partial charge in [-0.2, -0.15) is 0 Å². The van der Waals surface area contributed by atoms with E-state index < -0.39 is 0 Å². The SMILES string of the molecule is Cc1nc(-c2ccncc2)sc1C(=O)Nc1nc(-c2ccc3c(c2)N(C)C(=O)CO3)c(C)s1. The van der Waals surface area contributed by atoms with Gasteiger partial charge in [-0.25, -0.2) is 9.97 Å². The highest BCUT2D eigenvalue weighted by molar-refractivity contribution is 7.18. The van der Waals surface area contributed by atoms with E-state index in [9.17, 15) is 9.59 Å². The number of carbonyl (C=O) groups excluding carboxylic acids is 2. The Kier molecular flexibility index (Phi) is 5.39. The van der Waals surface area contributed by atoms with E-state index >= 15 is 0 Å². The average Bonchev–Trinajstić information content (AvgIpc) is 3.39. The van der Waals surface area contributed by atoms with Crippen molar-refractivity contribution in [2.24, 2.45) is 0 Å². The average molecular weight is 478 g/mol. The van der Waals surface area contributed by atoms with Gasteiger partial charge in [-0.05, 0) is 44.2 Å². The molecule has 0 aliphatic carbocycles. The Hall–Kier alpha value is -3.63. The maximum Gasteiger partial charge on any atom is 0.269 e. The van der Waals surface area contributed by atoms with Crippen molar-refractivity contribution in [2.75, 3.05) is 23.9 Å². The molecule has 0 saturated heterocycles. The molecule has 1 aliphatic heterocycles. The Morgan fingerprint density at radius 3 is 2.67 bits per heavy atom. The van der Waals surface area contributed by atoms with Crippen LogP contribution in [0.2, 0.25) is 0 Å². The maximum absolute atomic E-state index is 13.0. The van der Waals surface area contributed by atoms with Gasteiger partial charge in [0.1, 0.15) is 15.6 Å². The third-order valence-electron chi connectivity index (χ3n) is 5.27. The van der Waals surface area contributed by atoms with Crippen molar-refractivity contribution in [3.8, 4) is 27.6 Å². The van der Waals surface area contributed by atoms with Crippen molar-refractivity contribution in [3.05, 3.63) is 58.2 Å². The van der Waals surface area contributed by atoms with Crippen LogP contribution in [0, 0.1) is 13.8 Å². The molecule has 1 aliphatic rings. The van der Waals surface area contributed by atoms with E-state index in [0.717, 1.165) is 26.7 Å². The van der Waals surface area contributed by atoms with Crippen LogP contribution < -0.4 is 15.0 Å². The number of aryl methyl sites for hydroxylation is 2. The van der Waals surface area contributed by atoms with Crippen molar-refractivity contribution >= 4 is 45.3 Å². The fourth-order valence-electron chi connectivity index (χ4n) is 3.52. The van der Waals surface area contributed by atoms with Crippen LogP contribution in [0.5, 0.6) is 5.75 Å². The summed E-state index contributed by atoms with van der Waals surface area (Å²) < 4.78 is 5.50. The first-order valence-corrected chi connectivity index (χ1v) is 11.7. The quantitative estimate of drug-likeness (QED) is 0.463. The number of fused-ring (bicyclic) bond motifs is 1. The summed E-state index contributed by atoms with van der Waals surface area (Å²) in [6.45, 7) is 3.81. The number of likely N-dealkylation sites (N-methyl/N-ethyl adjacent to an activating group) is 1. The van der Waals surface area contributed by atoms with Gasteiger partial charge in [-0.1, -0.05) is 0 Å². The first kappa shape index (κ1) is 21.2. The number of hydrogen-bond donors (Lipinski definition) is 1. The molecule has 10 heteroatoms. The molecule has 0 bridgehead atoms. The normalized spacial score (nSPS) is 12.9. The van der Waals surface area contributed by atoms with Crippen LogP contribution in [0.4, 0.5) is 10.8 Å². The summed E-state index contributed by atoms with van der Waals surface area (Å²) in [6.07, 6.45) is 3.40. The zero-order chi connectivity index (χ0) is 23.1. The predicted molar refractivity (Wildman–Crippen MR) is 129 cm³/mol. The van der Waals surface area contributed by atoms with Gasteiger partial charge in [0.05, 0.1) is 17.1 Å². The minimum absolute atomic E-state index is 0.0363. The second-order valence-electron chi connectivity index (χ2n) is 7.47. The Morgan fingerprint density at radius 1 is 1.09 bits per heavy atom. The predicted octanol–water partition coefficient (Wildman–Crippen LogP) is 4.55. The minimum Gasteiger partial charge on any atom is -0.482 e. The smallest absolute Gasteiger partial charge is 0.269 e. The molecule has 1 aromatic carbocycles. The highest BCUT2D eigenvalue weighted by Crippen LogP contribution is 2.38. The molecule has 33 heavy (non-hydrogen) atoms. The zero-order valence-corrected chi connectivity index (χ0v) is 19.7. The standard InChI is InChI=1S/C23H19N5O3S2/c1-12-20(33-22(25-12)14-6-8-24-9-7-14)21(30)27-23-26-19(13(2)32-23)15-4-5-17-16(10-15)28(3)18(29)11-31-17/h4-10H,11H2,1-3H3,(H,26,27,30). The van der Waals surface area contributed by atoms with Gasteiger partial charge < -0.3 is 9.64 Å². The van der Waals surface area contributed by atoms with E-state index in [4.69, 9.17) is 4.74 Å². The van der Waals surface area contributed by atoms with E-state index in [0.29, 0.717) is 27.1 Å². The van der Waals surface area contributed by atoms with Crippen LogP contribution >= 0.6 is 22.7 Å². The van der Waals surface area contributed by atoms with E-state index in [-0.39, 0.29) is 18.4 Å². The maximum atomic E-state index is 13.0. The second-order valence-corrected chi connectivity index (χ2v) is 9.67. The first-order chi connectivity index (χ1) is 15.9. The van der Waals surface area contributed by atoms with E-state index in [1.54, 1.807) is 24.3 Å². The highest BCUT2D eigenvalue weighted by atomic mass is 32.1. The number of carbonyl (C=O) groups is 2. The van der Waals surface area contributed by atoms with Gasteiger partial charge in [-0.15, -0.1) is 22.7 Å². The lowest BCUT2D eigenvalue weighted by Gasteiger charge is -2.26. The lowest BCUT2D eigenvalue weighted by atomic mass is 10.1. The first-order valence-electron chi connectivity index (χ1n) is 10.1. The highest BCUT2D eigenvalue weighted by Gasteiger charge is 2.24. The summed E-state index contributed by atoms with van der Waals surface area (Å²) in [5, 5.41) is 4.18. The van der Waals surface area contributed by atoms with Crippen LogP contribution in [0.25, 0.3) is 21.8 Å². The Labute approximate surface area is 197 Å². The molecule has 0 spiro atoms. The van der Waals surface area contributed by atoms with Crippen molar-refractivity contribution in [3.63, 3.8) is 0 Å². The molecule has 0 saturated carbocycles. The number of rotatable bonds is 4. The number of aromatic nitrogens is 3. The molecule has 166 valence electrons. The molecule has 0 radical (unpaired) electrons. The number of ether oxygens (including phenoxy) is 1. The van der Waals surface area contributed by atoms with Gasteiger partial charge >= 0.3 is 0 Å². The minimum atomic E-state index is -0.241. The molecule has 0 atom stereocenters. The molecule has 2 amide bonds. The summed E-state index contributed by atoms with van der Waals surface area (Å²) in [6, 6.07) is 9.36. The van der Waals surface area contributed by atoms with Gasteiger partial charge in [0.2, 0.25) is 0 Å². The second kappa shape index (κ2) is 8.38. The van der Waals surface area contributed by atoms with E-state index in [1.165, 1.54) is 22.7 Å². The van der Waals surface area contributed by atoms with E-state index in [1.807, 2.05) is 44.2 Å². The molecule has 4 aromatic rings. The summed E-state index contributed by atoms with van der Waals surface area (Å²) in [4.78, 5) is 41.2. The van der Waals surface area contributed by atoms with Gasteiger partial charge in [0.15, 0.2) is 11.7 Å². The van der Waals surface area contributed by atoms with Crippen LogP contribution in [0.1, 0.15) is 20.2 Å². The molecule has 0 fully saturated rings. The largest absolute Gasteiger partial charge is 0.482 e. The van der Waals surface area contributed by atoms with Crippen molar-refractivity contribution < 1.29 is 14.3 Å². The summed E-state index contributed by atoms with van der Waals surface area (Å²) in [5.41, 5.74) is 3.89. The van der Waals surface area contributed by atoms with Gasteiger partial charge in [-0.3, -0.25) is 19.9 Å². The number of nitrogens with one attached hydrogen (secondary N) is 1. The molecule has 3 aromatic heterocycles. The molecule has 4 heterocycles. The number of thiazole rings is 2. The van der Waals surface area contributed by atoms with Gasteiger partial charge in [0, 0.05) is 35.4 Å². The van der Waals surface area contributed by atoms with Crippen LogP contribution in [0.3, 0.4) is 0 Å². The van der Waals surface area contributed by atoms with Crippen molar-refractivity contribution in [1.82, 2.24) is 15.0 Å². The number of amides is 2. The van der Waals surface area contributed by atoms with E-state index in [2.05, 4.69) is 20.3 Å². The van der Waals surface area contributed by atoms with Crippen LogP contribution in [0.15, 0.2) is 42.7 Å². The van der Waals surface area contributed by atoms with Crippen LogP contribution in [-0.4, -0.2) is 40.4 Å². The Morgan fingerprint density at radius 2 is 1.88 bits per heavy atom. The lowest BCUT2D eigenvalue weighted by Crippen LogP contribution is -2.35. The number of pyridine rings is 1. The topological polar surface area (TPSA) is 97.3 Å². The molecule has 5 rings (SSSR count). The Balaban J connectivity index is 1.40. The third-order valence-corrected chi connectivity index (χ3v) is 7.36. The monoisotopic (exact) mass is 477 g/mol. The van der Waals surface area contributed by atoms with Crippen LogP contribution in [-0.2, 0) is 4.79 Å². The number of nitrogens with zero attached hydrogens (tertiary/aromatic N) is 4. The molecular formula is C23H19N5O3S2. The molecule has 8 nitrogen and oxygen atoms in total. The lowest BCUT2D eigenvalue weighted by molar-refractivity contribution is -0.120. The summed E-state index contributed by atoms with van der Waals surface area (Å²) >= 11 is 2.74. The van der Waals surface area contributed by atoms with Gasteiger partial charge in [0.25, 0.3) is 11.8 Å². The molecular weight excluding hydrogens is 458 g/mol. The number of benzene rings is 1. The fraction of sp³-hybridized carbons (Fsp3) is 0.174. The number of anilines is 2. The number of hydrogen-bond acceptors (Lipinski definition) is 8. The molecule has 0 unspecified atom stereocenters. The van der Waals surface area contributed by atoms with Crippen molar-refractivity contribution in [1.29, 1.82) is 0 Å². The Bertz CT molecular complexity index is 1380. The third kappa shape index (κ3) is 3.98.